The average Bonchev–Trinajstić information content (AvgIpc) is 2.54. The quantitative estimate of drug-likeness (QED) is 0.794. The van der Waals surface area contributed by atoms with E-state index in [9.17, 15) is 14.0 Å². The van der Waals surface area contributed by atoms with E-state index < -0.39 is 17.9 Å². The van der Waals surface area contributed by atoms with Crippen LogP contribution in [0.5, 0.6) is 5.75 Å². The Morgan fingerprint density at radius 1 is 1.48 bits per heavy atom. The highest BCUT2D eigenvalue weighted by atomic mass is 19.1. The maximum Gasteiger partial charge on any atom is 0.407 e. The van der Waals surface area contributed by atoms with Crippen molar-refractivity contribution < 1.29 is 28.6 Å². The monoisotopic (exact) mass is 326 g/mol. The Kier molecular flexibility index (Phi) is 5.75. The smallest absolute Gasteiger partial charge is 0.407 e. The number of esters is 1. The van der Waals surface area contributed by atoms with Crippen molar-refractivity contribution in [1.82, 2.24) is 10.2 Å². The van der Waals surface area contributed by atoms with Crippen molar-refractivity contribution in [1.29, 1.82) is 0 Å². The van der Waals surface area contributed by atoms with Crippen LogP contribution in [-0.2, 0) is 4.74 Å². The minimum absolute atomic E-state index is 0.000890. The minimum atomic E-state index is -0.933. The molecule has 8 heteroatoms. The van der Waals surface area contributed by atoms with Crippen LogP contribution in [0.25, 0.3) is 0 Å². The summed E-state index contributed by atoms with van der Waals surface area (Å²) in [4.78, 5) is 23.6. The number of methoxy groups -OCH3 is 1. The van der Waals surface area contributed by atoms with Crippen LogP contribution in [0.15, 0.2) is 18.2 Å². The zero-order chi connectivity index (χ0) is 16.8. The Bertz CT molecular complexity index is 581. The first kappa shape index (κ1) is 17.0. The summed E-state index contributed by atoms with van der Waals surface area (Å²) in [6.07, 6.45) is -0.345. The van der Waals surface area contributed by atoms with Crippen molar-refractivity contribution in [3.63, 3.8) is 0 Å². The third-order valence-corrected chi connectivity index (χ3v) is 3.61. The third kappa shape index (κ3) is 4.56. The molecule has 126 valence electrons. The topological polar surface area (TPSA) is 88.1 Å². The van der Waals surface area contributed by atoms with E-state index >= 15 is 0 Å². The molecule has 1 aliphatic heterocycles. The maximum absolute atomic E-state index is 13.7. The SMILES string of the molecule is COC(=O)c1ccc(OCC[C@@H]2CN(C(=O)O)CCN2)cc1F. The number of piperazine rings is 1. The molecule has 0 spiro atoms. The van der Waals surface area contributed by atoms with Crippen LogP contribution in [0.1, 0.15) is 16.8 Å². The van der Waals surface area contributed by atoms with Gasteiger partial charge in [-0.3, -0.25) is 0 Å². The lowest BCUT2D eigenvalue weighted by Gasteiger charge is -2.31. The normalized spacial score (nSPS) is 17.7. The standard InChI is InChI=1S/C15H19FN2O5/c1-22-14(19)12-3-2-11(8-13(12)16)23-7-4-10-9-18(15(20)21)6-5-17-10/h2-3,8,10,17H,4-7,9H2,1H3,(H,20,21)/t10-/m1/s1. The van der Waals surface area contributed by atoms with Gasteiger partial charge < -0.3 is 24.8 Å². The van der Waals surface area contributed by atoms with Gasteiger partial charge in [-0.1, -0.05) is 0 Å². The molecule has 1 aromatic carbocycles. The van der Waals surface area contributed by atoms with Gasteiger partial charge in [0.25, 0.3) is 0 Å². The number of rotatable bonds is 5. The summed E-state index contributed by atoms with van der Waals surface area (Å²) in [5.41, 5.74) is -0.147. The second-order valence-corrected chi connectivity index (χ2v) is 5.15. The number of ether oxygens (including phenoxy) is 2. The molecule has 1 saturated heterocycles. The van der Waals surface area contributed by atoms with Gasteiger partial charge >= 0.3 is 12.1 Å². The number of halogens is 1. The number of carbonyl (C=O) groups excluding carboxylic acids is 1. The zero-order valence-electron chi connectivity index (χ0n) is 12.8. The van der Waals surface area contributed by atoms with Crippen molar-refractivity contribution in [3.8, 4) is 5.75 Å². The van der Waals surface area contributed by atoms with Crippen molar-refractivity contribution in [2.45, 2.75) is 12.5 Å². The molecule has 0 aromatic heterocycles. The third-order valence-electron chi connectivity index (χ3n) is 3.61. The summed E-state index contributed by atoms with van der Waals surface area (Å²) in [5.74, 6) is -1.14. The number of nitrogens with zero attached hydrogens (tertiary/aromatic N) is 1. The molecule has 1 atom stereocenters. The summed E-state index contributed by atoms with van der Waals surface area (Å²) >= 11 is 0. The van der Waals surface area contributed by atoms with Gasteiger partial charge in [0.2, 0.25) is 0 Å². The number of hydrogen-bond acceptors (Lipinski definition) is 5. The minimum Gasteiger partial charge on any atom is -0.493 e. The van der Waals surface area contributed by atoms with E-state index in [0.29, 0.717) is 38.4 Å². The number of nitrogens with one attached hydrogen (secondary N) is 1. The summed E-state index contributed by atoms with van der Waals surface area (Å²) in [6, 6.07) is 3.93. The first-order valence-electron chi connectivity index (χ1n) is 7.23. The van der Waals surface area contributed by atoms with Gasteiger partial charge in [-0.25, -0.2) is 14.0 Å². The predicted molar refractivity (Wildman–Crippen MR) is 79.2 cm³/mol. The van der Waals surface area contributed by atoms with Gasteiger partial charge in [-0.05, 0) is 18.6 Å². The van der Waals surface area contributed by atoms with Crippen molar-refractivity contribution in [3.05, 3.63) is 29.6 Å². The van der Waals surface area contributed by atoms with Crippen LogP contribution >= 0.6 is 0 Å². The van der Waals surface area contributed by atoms with Gasteiger partial charge in [-0.15, -0.1) is 0 Å². The molecule has 1 fully saturated rings. The van der Waals surface area contributed by atoms with E-state index in [1.807, 2.05) is 0 Å². The van der Waals surface area contributed by atoms with Gasteiger partial charge in [0.05, 0.1) is 19.3 Å². The average molecular weight is 326 g/mol. The number of carbonyl (C=O) groups is 2. The van der Waals surface area contributed by atoms with Gasteiger partial charge in [0.1, 0.15) is 11.6 Å². The Hall–Kier alpha value is -2.35. The Balaban J connectivity index is 1.83. The van der Waals surface area contributed by atoms with E-state index in [1.165, 1.54) is 24.1 Å². The fraction of sp³-hybridized carbons (Fsp3) is 0.467. The van der Waals surface area contributed by atoms with Crippen molar-refractivity contribution >= 4 is 12.1 Å². The molecule has 0 aliphatic carbocycles. The number of benzene rings is 1. The highest BCUT2D eigenvalue weighted by Gasteiger charge is 2.22. The molecular formula is C15H19FN2O5. The van der Waals surface area contributed by atoms with Crippen LogP contribution in [0, 0.1) is 5.82 Å². The first-order chi connectivity index (χ1) is 11.0. The first-order valence-corrected chi connectivity index (χ1v) is 7.23. The van der Waals surface area contributed by atoms with Crippen LogP contribution < -0.4 is 10.1 Å². The van der Waals surface area contributed by atoms with E-state index in [-0.39, 0.29) is 11.6 Å². The van der Waals surface area contributed by atoms with E-state index in [0.717, 1.165) is 6.07 Å². The molecule has 1 aromatic rings. The Morgan fingerprint density at radius 2 is 2.26 bits per heavy atom. The number of hydrogen-bond donors (Lipinski definition) is 2. The van der Waals surface area contributed by atoms with Crippen LogP contribution in [-0.4, -0.2) is 61.5 Å². The van der Waals surface area contributed by atoms with Crippen molar-refractivity contribution in [2.24, 2.45) is 0 Å². The molecule has 0 saturated carbocycles. The van der Waals surface area contributed by atoms with Gasteiger partial charge in [-0.2, -0.15) is 0 Å². The molecule has 0 radical (unpaired) electrons. The molecule has 2 N–H and O–H groups in total. The predicted octanol–water partition coefficient (Wildman–Crippen LogP) is 1.33. The lowest BCUT2D eigenvalue weighted by Crippen LogP contribution is -2.52. The maximum atomic E-state index is 13.7. The lowest BCUT2D eigenvalue weighted by atomic mass is 10.1. The van der Waals surface area contributed by atoms with E-state index in [1.54, 1.807) is 0 Å². The summed E-state index contributed by atoms with van der Waals surface area (Å²) in [6.45, 7) is 1.77. The molecule has 1 amide bonds. The van der Waals surface area contributed by atoms with Crippen molar-refractivity contribution in [2.75, 3.05) is 33.4 Å². The highest BCUT2D eigenvalue weighted by Crippen LogP contribution is 2.18. The number of amides is 1. The van der Waals surface area contributed by atoms with E-state index in [2.05, 4.69) is 10.1 Å². The highest BCUT2D eigenvalue weighted by molar-refractivity contribution is 5.89. The number of carboxylic acid groups (broad SMARTS) is 1. The van der Waals surface area contributed by atoms with Crippen LogP contribution in [0.3, 0.4) is 0 Å². The lowest BCUT2D eigenvalue weighted by molar-refractivity contribution is 0.0595. The fourth-order valence-electron chi connectivity index (χ4n) is 2.37. The molecule has 0 unspecified atom stereocenters. The molecule has 1 heterocycles. The molecule has 1 aliphatic rings. The van der Waals surface area contributed by atoms with Crippen LogP contribution in [0.4, 0.5) is 9.18 Å². The second-order valence-electron chi connectivity index (χ2n) is 5.15. The van der Waals surface area contributed by atoms with Crippen LogP contribution in [0.2, 0.25) is 0 Å². The fourth-order valence-corrected chi connectivity index (χ4v) is 2.37. The summed E-state index contributed by atoms with van der Waals surface area (Å²) in [7, 11) is 1.18. The summed E-state index contributed by atoms with van der Waals surface area (Å²) < 4.78 is 23.7. The summed E-state index contributed by atoms with van der Waals surface area (Å²) in [5, 5.41) is 12.2. The molecule has 7 nitrogen and oxygen atoms in total. The molecule has 2 rings (SSSR count). The largest absolute Gasteiger partial charge is 0.493 e. The van der Waals surface area contributed by atoms with Gasteiger partial charge in [0.15, 0.2) is 0 Å². The molecule has 0 bridgehead atoms. The molecular weight excluding hydrogens is 307 g/mol. The Labute approximate surface area is 133 Å². The van der Waals surface area contributed by atoms with E-state index in [4.69, 9.17) is 9.84 Å². The zero-order valence-corrected chi connectivity index (χ0v) is 12.8. The second kappa shape index (κ2) is 7.77. The molecule has 23 heavy (non-hydrogen) atoms. The Morgan fingerprint density at radius 3 is 2.91 bits per heavy atom. The van der Waals surface area contributed by atoms with Gasteiger partial charge in [0, 0.05) is 31.7 Å².